The molecule has 3 unspecified atom stereocenters. The molecule has 4 aliphatic carbocycles. The molecule has 0 aromatic carbocycles. The van der Waals surface area contributed by atoms with Gasteiger partial charge in [0.25, 0.3) is 0 Å². The van der Waals surface area contributed by atoms with E-state index in [1.807, 2.05) is 14.1 Å². The van der Waals surface area contributed by atoms with Crippen molar-refractivity contribution in [2.45, 2.75) is 116 Å². The highest BCUT2D eigenvalue weighted by molar-refractivity contribution is 5.76. The highest BCUT2D eigenvalue weighted by atomic mass is 16.5. The van der Waals surface area contributed by atoms with Crippen molar-refractivity contribution in [1.82, 2.24) is 10.2 Å². The Morgan fingerprint density at radius 3 is 2.56 bits per heavy atom. The van der Waals surface area contributed by atoms with E-state index in [1.165, 1.54) is 51.4 Å². The van der Waals surface area contributed by atoms with Crippen LogP contribution < -0.4 is 5.32 Å². The molecule has 1 saturated heterocycles. The van der Waals surface area contributed by atoms with Crippen LogP contribution >= 0.6 is 0 Å². The van der Waals surface area contributed by atoms with Crippen molar-refractivity contribution in [3.63, 3.8) is 0 Å². The molecule has 5 fully saturated rings. The second-order valence-corrected chi connectivity index (χ2v) is 14.5. The normalized spacial score (nSPS) is 46.5. The number of hydrogen-bond donors (Lipinski definition) is 2. The molecule has 1 amide bonds. The highest BCUT2D eigenvalue weighted by Gasteiger charge is 2.64. The molecule has 0 radical (unpaired) electrons. The van der Waals surface area contributed by atoms with Crippen LogP contribution in [-0.4, -0.2) is 61.4 Å². The minimum atomic E-state index is 0.237. The Hall–Kier alpha value is -0.650. The largest absolute Gasteiger partial charge is 0.396 e. The molecule has 5 nitrogen and oxygen atoms in total. The zero-order valence-electron chi connectivity index (χ0n) is 23.8. The molecule has 4 saturated carbocycles. The summed E-state index contributed by atoms with van der Waals surface area (Å²) >= 11 is 0. The van der Waals surface area contributed by atoms with E-state index in [0.29, 0.717) is 48.0 Å². The molecule has 0 spiro atoms. The summed E-state index contributed by atoms with van der Waals surface area (Å²) in [6.07, 6.45) is 15.4. The quantitative estimate of drug-likeness (QED) is 0.475. The number of carbonyl (C=O) groups is 1. The predicted octanol–water partition coefficient (Wildman–Crippen LogP) is 5.26. The second-order valence-electron chi connectivity index (χ2n) is 14.5. The van der Waals surface area contributed by atoms with Gasteiger partial charge >= 0.3 is 0 Å². The minimum absolute atomic E-state index is 0.237. The van der Waals surface area contributed by atoms with Crippen molar-refractivity contribution < 1.29 is 14.6 Å². The Bertz CT molecular complexity index is 788. The number of rotatable bonds is 8. The lowest BCUT2D eigenvalue weighted by Gasteiger charge is -2.61. The van der Waals surface area contributed by atoms with E-state index >= 15 is 0 Å². The van der Waals surface area contributed by atoms with Crippen molar-refractivity contribution in [3.8, 4) is 0 Å². The van der Waals surface area contributed by atoms with Crippen LogP contribution in [0.4, 0.5) is 0 Å². The maximum atomic E-state index is 12.5. The molecule has 1 heterocycles. The Kier molecular flexibility index (Phi) is 7.85. The van der Waals surface area contributed by atoms with Crippen LogP contribution in [0.15, 0.2) is 0 Å². The first-order valence-electron chi connectivity index (χ1n) is 15.3. The van der Waals surface area contributed by atoms with Gasteiger partial charge in [-0.05, 0) is 131 Å². The number of aliphatic hydroxyl groups excluding tert-OH is 1. The number of hydrogen-bond acceptors (Lipinski definition) is 4. The summed E-state index contributed by atoms with van der Waals surface area (Å²) in [5, 5.41) is 12.8. The molecule has 5 rings (SSSR count). The zero-order chi connectivity index (χ0) is 25.7. The Morgan fingerprint density at radius 1 is 1.03 bits per heavy atom. The fourth-order valence-electron chi connectivity index (χ4n) is 10.0. The third kappa shape index (κ3) is 4.91. The number of ether oxygens (including phenoxy) is 1. The molecule has 36 heavy (non-hydrogen) atoms. The summed E-state index contributed by atoms with van der Waals surface area (Å²) in [7, 11) is 4.07. The Balaban J connectivity index is 1.19. The zero-order valence-corrected chi connectivity index (χ0v) is 23.8. The van der Waals surface area contributed by atoms with Crippen LogP contribution in [0.2, 0.25) is 0 Å². The molecule has 0 bridgehead atoms. The topological polar surface area (TPSA) is 61.8 Å². The lowest BCUT2D eigenvalue weighted by molar-refractivity contribution is -0.127. The van der Waals surface area contributed by atoms with Gasteiger partial charge < -0.3 is 20.1 Å². The first-order valence-corrected chi connectivity index (χ1v) is 15.3. The summed E-state index contributed by atoms with van der Waals surface area (Å²) in [5.41, 5.74) is 0.917. The average Bonchev–Trinajstić information content (AvgIpc) is 3.38. The van der Waals surface area contributed by atoms with Crippen molar-refractivity contribution in [1.29, 1.82) is 0 Å². The summed E-state index contributed by atoms with van der Waals surface area (Å²) < 4.78 is 6.71. The van der Waals surface area contributed by atoms with E-state index < -0.39 is 0 Å². The van der Waals surface area contributed by atoms with Crippen LogP contribution in [0, 0.1) is 46.3 Å². The van der Waals surface area contributed by atoms with Gasteiger partial charge in [-0.15, -0.1) is 0 Å². The average molecular weight is 503 g/mol. The van der Waals surface area contributed by atoms with Crippen LogP contribution in [0.1, 0.15) is 97.8 Å². The van der Waals surface area contributed by atoms with Crippen LogP contribution in [0.25, 0.3) is 0 Å². The second kappa shape index (κ2) is 10.5. The van der Waals surface area contributed by atoms with Gasteiger partial charge in [-0.25, -0.2) is 0 Å². The van der Waals surface area contributed by atoms with Crippen molar-refractivity contribution in [2.24, 2.45) is 46.3 Å². The number of nitrogens with one attached hydrogen (secondary N) is 1. The smallest absolute Gasteiger partial charge is 0.221 e. The van der Waals surface area contributed by atoms with Gasteiger partial charge in [-0.3, -0.25) is 4.79 Å². The third-order valence-electron chi connectivity index (χ3n) is 12.2. The summed E-state index contributed by atoms with van der Waals surface area (Å²) in [5.74, 6) is 4.72. The standard InChI is InChI=1S/C31H54N2O3/c1-20(19-34)6-8-23-17-27-28(36-23)18-26-24-9-7-21-16-22(32-29(35)12-15-33(4)5)10-13-30(21,2)25(24)11-14-31(26,27)3/h20-28,34H,6-19H2,1-5H3,(H,32,35)/t20-,21+,22-,23+,24+,25?,26?,27-,28?,30-,31-/m0/s1. The monoisotopic (exact) mass is 502 g/mol. The van der Waals surface area contributed by atoms with E-state index in [2.05, 4.69) is 31.0 Å². The van der Waals surface area contributed by atoms with E-state index in [9.17, 15) is 9.90 Å². The number of nitrogens with zero attached hydrogens (tertiary/aromatic N) is 1. The van der Waals surface area contributed by atoms with Gasteiger partial charge in [0.05, 0.1) is 12.2 Å². The third-order valence-corrected chi connectivity index (χ3v) is 12.2. The van der Waals surface area contributed by atoms with Crippen molar-refractivity contribution in [3.05, 3.63) is 0 Å². The predicted molar refractivity (Wildman–Crippen MR) is 144 cm³/mol. The van der Waals surface area contributed by atoms with Gasteiger partial charge in [0.1, 0.15) is 0 Å². The SMILES string of the molecule is C[C@H](CO)CC[C@@H]1C[C@H]2C(CC3[C@@H]4CC[C@@H]5C[C@@H](NC(=O)CCN(C)C)CC[C@]5(C)C4CC[C@@]32C)O1. The van der Waals surface area contributed by atoms with Gasteiger partial charge in [0.15, 0.2) is 0 Å². The lowest BCUT2D eigenvalue weighted by Crippen LogP contribution is -2.55. The molecule has 0 aromatic rings. The van der Waals surface area contributed by atoms with Crippen molar-refractivity contribution in [2.75, 3.05) is 27.2 Å². The number of aliphatic hydroxyl groups is 1. The molecule has 0 aromatic heterocycles. The Morgan fingerprint density at radius 2 is 1.81 bits per heavy atom. The Labute approximate surface area is 220 Å². The number of amides is 1. The first-order chi connectivity index (χ1) is 17.1. The maximum Gasteiger partial charge on any atom is 0.221 e. The van der Waals surface area contributed by atoms with Gasteiger partial charge in [0.2, 0.25) is 5.91 Å². The molecule has 11 atom stereocenters. The molecule has 5 heteroatoms. The van der Waals surface area contributed by atoms with E-state index in [-0.39, 0.29) is 5.91 Å². The lowest BCUT2D eigenvalue weighted by atomic mass is 9.44. The van der Waals surface area contributed by atoms with Crippen molar-refractivity contribution >= 4 is 5.91 Å². The highest BCUT2D eigenvalue weighted by Crippen LogP contribution is 2.69. The maximum absolute atomic E-state index is 12.5. The van der Waals surface area contributed by atoms with Crippen LogP contribution in [0.5, 0.6) is 0 Å². The summed E-state index contributed by atoms with van der Waals surface area (Å²) in [4.78, 5) is 14.6. The fraction of sp³-hybridized carbons (Fsp3) is 0.968. The van der Waals surface area contributed by atoms with E-state index in [0.717, 1.165) is 55.4 Å². The number of fused-ring (bicyclic) bond motifs is 7. The molecule has 1 aliphatic heterocycles. The van der Waals surface area contributed by atoms with Crippen LogP contribution in [-0.2, 0) is 9.53 Å². The van der Waals surface area contributed by atoms with Crippen LogP contribution in [0.3, 0.4) is 0 Å². The molecule has 206 valence electrons. The molecular weight excluding hydrogens is 448 g/mol. The van der Waals surface area contributed by atoms with Gasteiger partial charge in [-0.1, -0.05) is 20.8 Å². The number of carbonyl (C=O) groups excluding carboxylic acids is 1. The van der Waals surface area contributed by atoms with E-state index in [1.54, 1.807) is 0 Å². The van der Waals surface area contributed by atoms with E-state index in [4.69, 9.17) is 4.74 Å². The molecule has 5 aliphatic rings. The summed E-state index contributed by atoms with van der Waals surface area (Å²) in [6.45, 7) is 8.54. The molecular formula is C31H54N2O3. The molecule has 2 N–H and O–H groups in total. The summed E-state index contributed by atoms with van der Waals surface area (Å²) in [6, 6.07) is 0.382. The minimum Gasteiger partial charge on any atom is -0.396 e. The fourth-order valence-corrected chi connectivity index (χ4v) is 10.0. The van der Waals surface area contributed by atoms with Gasteiger partial charge in [-0.2, -0.15) is 0 Å². The van der Waals surface area contributed by atoms with Gasteiger partial charge in [0, 0.05) is 25.6 Å². The first kappa shape index (κ1) is 26.9.